The molecule has 0 atom stereocenters. The van der Waals surface area contributed by atoms with E-state index in [0.717, 1.165) is 41.2 Å². The van der Waals surface area contributed by atoms with Crippen LogP contribution in [0.3, 0.4) is 0 Å². The van der Waals surface area contributed by atoms with E-state index in [4.69, 9.17) is 11.6 Å². The molecule has 0 fully saturated rings. The Hall–Kier alpha value is -1.48. The second kappa shape index (κ2) is 11.8. The summed E-state index contributed by atoms with van der Waals surface area (Å²) in [6, 6.07) is 13.9. The SMILES string of the molecule is Cc1csc(Nc2ncc(Sc3ccncc3)cc2Sc2ccccc2Cl)n1.Cl.Cl. The first-order valence-corrected chi connectivity index (χ1v) is 11.3. The van der Waals surface area contributed by atoms with Gasteiger partial charge in [-0.2, -0.15) is 0 Å². The van der Waals surface area contributed by atoms with Crippen LogP contribution in [0, 0.1) is 6.92 Å². The Morgan fingerprint density at radius 1 is 0.967 bits per heavy atom. The number of anilines is 2. The molecular formula is C20H17Cl3N4S3. The second-order valence-electron chi connectivity index (χ2n) is 5.75. The van der Waals surface area contributed by atoms with Crippen molar-refractivity contribution in [3.05, 3.63) is 77.2 Å². The number of rotatable bonds is 6. The average molecular weight is 516 g/mol. The Labute approximate surface area is 205 Å². The highest BCUT2D eigenvalue weighted by Crippen LogP contribution is 2.40. The largest absolute Gasteiger partial charge is 0.315 e. The van der Waals surface area contributed by atoms with Crippen molar-refractivity contribution in [1.29, 1.82) is 0 Å². The summed E-state index contributed by atoms with van der Waals surface area (Å²) in [5, 5.41) is 6.89. The molecule has 0 saturated carbocycles. The maximum absolute atomic E-state index is 6.38. The summed E-state index contributed by atoms with van der Waals surface area (Å²) in [5.41, 5.74) is 0.984. The van der Waals surface area contributed by atoms with E-state index < -0.39 is 0 Å². The second-order valence-corrected chi connectivity index (χ2v) is 9.25. The molecule has 0 spiro atoms. The molecule has 0 aliphatic heterocycles. The Balaban J connectivity index is 0.00000160. The highest BCUT2D eigenvalue weighted by Gasteiger charge is 2.12. The number of aromatic nitrogens is 3. The van der Waals surface area contributed by atoms with Gasteiger partial charge in [-0.15, -0.1) is 36.2 Å². The highest BCUT2D eigenvalue weighted by molar-refractivity contribution is 8.00. The first-order valence-electron chi connectivity index (χ1n) is 8.37. The molecule has 30 heavy (non-hydrogen) atoms. The Bertz CT molecular complexity index is 1090. The van der Waals surface area contributed by atoms with Crippen molar-refractivity contribution >= 4 is 82.2 Å². The monoisotopic (exact) mass is 514 g/mol. The molecule has 1 N–H and O–H groups in total. The fourth-order valence-electron chi connectivity index (χ4n) is 2.36. The number of benzene rings is 1. The highest BCUT2D eigenvalue weighted by atomic mass is 35.5. The quantitative estimate of drug-likeness (QED) is 0.283. The number of thiazole rings is 1. The Morgan fingerprint density at radius 2 is 1.73 bits per heavy atom. The summed E-state index contributed by atoms with van der Waals surface area (Å²) in [7, 11) is 0. The van der Waals surface area contributed by atoms with Gasteiger partial charge in [-0.1, -0.05) is 47.3 Å². The van der Waals surface area contributed by atoms with E-state index in [-0.39, 0.29) is 24.8 Å². The fraction of sp³-hybridized carbons (Fsp3) is 0.0500. The number of halogens is 3. The molecule has 0 saturated heterocycles. The van der Waals surface area contributed by atoms with Crippen LogP contribution in [-0.4, -0.2) is 15.0 Å². The molecule has 3 heterocycles. The molecule has 0 amide bonds. The molecule has 156 valence electrons. The summed E-state index contributed by atoms with van der Waals surface area (Å²) < 4.78 is 0. The van der Waals surface area contributed by atoms with Crippen molar-refractivity contribution < 1.29 is 0 Å². The third-order valence-electron chi connectivity index (χ3n) is 3.61. The van der Waals surface area contributed by atoms with Gasteiger partial charge in [-0.25, -0.2) is 9.97 Å². The Kier molecular flexibility index (Phi) is 9.74. The number of hydrogen-bond acceptors (Lipinski definition) is 7. The third kappa shape index (κ3) is 6.51. The van der Waals surface area contributed by atoms with Gasteiger partial charge in [-0.05, 0) is 37.3 Å². The standard InChI is InChI=1S/C20H15ClN4S3.2ClH/c1-13-12-26-20(24-13)25-19-18(28-17-5-3-2-4-16(17)21)10-15(11-23-19)27-14-6-8-22-9-7-14;;/h2-12H,1H3,(H,23,24,25);2*1H. The van der Waals surface area contributed by atoms with E-state index >= 15 is 0 Å². The van der Waals surface area contributed by atoms with Crippen molar-refractivity contribution in [1.82, 2.24) is 15.0 Å². The molecule has 0 aliphatic carbocycles. The van der Waals surface area contributed by atoms with Crippen LogP contribution in [0.25, 0.3) is 0 Å². The normalized spacial score (nSPS) is 10.1. The minimum Gasteiger partial charge on any atom is -0.315 e. The molecule has 1 aromatic carbocycles. The number of hydrogen-bond donors (Lipinski definition) is 1. The zero-order chi connectivity index (χ0) is 19.3. The van der Waals surface area contributed by atoms with E-state index in [2.05, 4.69) is 26.3 Å². The van der Waals surface area contributed by atoms with E-state index in [1.807, 2.05) is 54.9 Å². The van der Waals surface area contributed by atoms with Gasteiger partial charge in [-0.3, -0.25) is 4.98 Å². The minimum absolute atomic E-state index is 0. The van der Waals surface area contributed by atoms with Crippen LogP contribution < -0.4 is 5.32 Å². The first kappa shape index (κ1) is 24.8. The molecular weight excluding hydrogens is 499 g/mol. The summed E-state index contributed by atoms with van der Waals surface area (Å²) >= 11 is 11.2. The molecule has 0 radical (unpaired) electrons. The number of nitrogens with one attached hydrogen (secondary N) is 1. The van der Waals surface area contributed by atoms with Gasteiger partial charge in [0.1, 0.15) is 5.82 Å². The van der Waals surface area contributed by atoms with Crippen LogP contribution in [0.2, 0.25) is 5.02 Å². The first-order chi connectivity index (χ1) is 13.7. The van der Waals surface area contributed by atoms with Crippen molar-refractivity contribution in [2.75, 3.05) is 5.32 Å². The van der Waals surface area contributed by atoms with Crippen LogP contribution in [0.15, 0.2) is 86.0 Å². The summed E-state index contributed by atoms with van der Waals surface area (Å²) in [5.74, 6) is 0.762. The van der Waals surface area contributed by atoms with Crippen molar-refractivity contribution in [3.63, 3.8) is 0 Å². The van der Waals surface area contributed by atoms with Gasteiger partial charge in [0.05, 0.1) is 15.6 Å². The molecule has 4 nitrogen and oxygen atoms in total. The molecule has 4 rings (SSSR count). The third-order valence-corrected chi connectivity index (χ3v) is 7.01. The van der Waals surface area contributed by atoms with Gasteiger partial charge in [0.2, 0.25) is 0 Å². The molecule has 3 aromatic heterocycles. The van der Waals surface area contributed by atoms with Crippen molar-refractivity contribution in [2.45, 2.75) is 26.5 Å². The summed E-state index contributed by atoms with van der Waals surface area (Å²) in [4.78, 5) is 17.3. The lowest BCUT2D eigenvalue weighted by molar-refractivity contribution is 1.14. The smallest absolute Gasteiger partial charge is 0.188 e. The van der Waals surface area contributed by atoms with Crippen LogP contribution in [-0.2, 0) is 0 Å². The average Bonchev–Trinajstić information content (AvgIpc) is 3.11. The van der Waals surface area contributed by atoms with Crippen LogP contribution in [0.5, 0.6) is 0 Å². The van der Waals surface area contributed by atoms with E-state index in [1.54, 1.807) is 47.3 Å². The molecule has 0 bridgehead atoms. The molecule has 0 unspecified atom stereocenters. The molecule has 4 aromatic rings. The van der Waals surface area contributed by atoms with Gasteiger partial charge in [0.15, 0.2) is 5.13 Å². The summed E-state index contributed by atoms with van der Waals surface area (Å²) in [6.07, 6.45) is 5.44. The lowest BCUT2D eigenvalue weighted by Gasteiger charge is -2.12. The topological polar surface area (TPSA) is 50.7 Å². The van der Waals surface area contributed by atoms with Gasteiger partial charge in [0.25, 0.3) is 0 Å². The lowest BCUT2D eigenvalue weighted by Crippen LogP contribution is -1.96. The molecule has 10 heteroatoms. The predicted octanol–water partition coefficient (Wildman–Crippen LogP) is 7.78. The van der Waals surface area contributed by atoms with Crippen molar-refractivity contribution in [2.24, 2.45) is 0 Å². The lowest BCUT2D eigenvalue weighted by atomic mass is 10.4. The maximum atomic E-state index is 6.38. The van der Waals surface area contributed by atoms with E-state index in [1.165, 1.54) is 0 Å². The number of aryl methyl sites for hydroxylation is 1. The minimum atomic E-state index is 0. The van der Waals surface area contributed by atoms with Gasteiger partial charge >= 0.3 is 0 Å². The molecule has 0 aliphatic rings. The Morgan fingerprint density at radius 3 is 2.43 bits per heavy atom. The fourth-order valence-corrected chi connectivity index (χ4v) is 5.12. The number of pyridine rings is 2. The van der Waals surface area contributed by atoms with Crippen molar-refractivity contribution in [3.8, 4) is 0 Å². The zero-order valence-corrected chi connectivity index (χ0v) is 20.5. The van der Waals surface area contributed by atoms with Crippen LogP contribution >= 0.6 is 71.3 Å². The van der Waals surface area contributed by atoms with E-state index in [0.29, 0.717) is 0 Å². The van der Waals surface area contributed by atoms with Crippen LogP contribution in [0.4, 0.5) is 10.9 Å². The maximum Gasteiger partial charge on any atom is 0.188 e. The number of nitrogens with zero attached hydrogens (tertiary/aromatic N) is 3. The van der Waals surface area contributed by atoms with Gasteiger partial charge < -0.3 is 5.32 Å². The van der Waals surface area contributed by atoms with E-state index in [9.17, 15) is 0 Å². The summed E-state index contributed by atoms with van der Waals surface area (Å²) in [6.45, 7) is 1.98. The van der Waals surface area contributed by atoms with Gasteiger partial charge in [0, 0.05) is 38.7 Å². The van der Waals surface area contributed by atoms with Crippen LogP contribution in [0.1, 0.15) is 5.69 Å². The predicted molar refractivity (Wildman–Crippen MR) is 133 cm³/mol. The zero-order valence-electron chi connectivity index (χ0n) is 15.6.